The minimum atomic E-state index is -4.96. The van der Waals surface area contributed by atoms with E-state index in [0.29, 0.717) is 12.8 Å². The number of allylic oxidation sites excluding steroid dienone is 3. The number of primary amides is 1. The van der Waals surface area contributed by atoms with Crippen molar-refractivity contribution < 1.29 is 41.7 Å². The predicted molar refractivity (Wildman–Crippen MR) is 128 cm³/mol. The number of carbonyl (C=O) groups is 5. The molecule has 0 spiro atoms. The first-order chi connectivity index (χ1) is 17.3. The van der Waals surface area contributed by atoms with E-state index in [0.717, 1.165) is 28.8 Å². The smallest absolute Gasteiger partial charge is 0.344 e. The summed E-state index contributed by atoms with van der Waals surface area (Å²) in [6, 6.07) is -3.01. The molecule has 3 saturated heterocycles. The monoisotopic (exact) mass is 578 g/mol. The van der Waals surface area contributed by atoms with Crippen molar-refractivity contribution in [2.75, 3.05) is 26.7 Å². The van der Waals surface area contributed by atoms with Gasteiger partial charge in [0.1, 0.15) is 11.4 Å². The Morgan fingerprint density at radius 2 is 1.95 bits per heavy atom. The molecule has 3 fully saturated rings. The third-order valence-corrected chi connectivity index (χ3v) is 9.39. The van der Waals surface area contributed by atoms with Crippen LogP contribution in [0.1, 0.15) is 12.8 Å². The van der Waals surface area contributed by atoms with Crippen LogP contribution in [0.25, 0.3) is 0 Å². The summed E-state index contributed by atoms with van der Waals surface area (Å²) in [5.74, 6) is -2.66. The topological polar surface area (TPSA) is 209 Å². The second kappa shape index (κ2) is 9.70. The number of halogens is 1. The van der Waals surface area contributed by atoms with Crippen LogP contribution in [-0.4, -0.2) is 106 Å². The molecular formula is C19H23ClN6O9S2. The molecule has 18 heteroatoms. The molecule has 3 heterocycles. The maximum atomic E-state index is 13.0. The number of esters is 1. The molecule has 15 nitrogen and oxygen atoms in total. The van der Waals surface area contributed by atoms with Gasteiger partial charge < -0.3 is 20.7 Å². The SMILES string of the molecule is COC(=O)[C@@]1(N2CCN(NC(N)=O)C2=O)CN2C(=O)[C@@H](NC(=O)C(C3=CCCC=C3Cl)S(=O)(=O)O)[C@H]2S1. The molecular weight excluding hydrogens is 556 g/mol. The Morgan fingerprint density at radius 3 is 2.54 bits per heavy atom. The zero-order chi connectivity index (χ0) is 27.3. The number of thioether (sulfide) groups is 1. The van der Waals surface area contributed by atoms with E-state index in [1.54, 1.807) is 0 Å². The number of amides is 6. The Bertz CT molecular complexity index is 1240. The lowest BCUT2D eigenvalue weighted by atomic mass is 10.0. The van der Waals surface area contributed by atoms with Crippen molar-refractivity contribution >= 4 is 63.3 Å². The van der Waals surface area contributed by atoms with Gasteiger partial charge >= 0.3 is 18.0 Å². The quantitative estimate of drug-likeness (QED) is 0.159. The van der Waals surface area contributed by atoms with Crippen molar-refractivity contribution in [3.05, 3.63) is 22.8 Å². The van der Waals surface area contributed by atoms with E-state index in [4.69, 9.17) is 22.1 Å². The number of methoxy groups -OCH3 is 1. The van der Waals surface area contributed by atoms with Crippen molar-refractivity contribution in [3.63, 3.8) is 0 Å². The highest BCUT2D eigenvalue weighted by molar-refractivity contribution is 8.02. The van der Waals surface area contributed by atoms with E-state index in [1.807, 2.05) is 0 Å². The number of ether oxygens (including phenoxy) is 1. The normalized spacial score (nSPS) is 28.1. The Balaban J connectivity index is 1.56. The second-order valence-corrected chi connectivity index (χ2v) is 11.8. The van der Waals surface area contributed by atoms with Crippen molar-refractivity contribution in [2.24, 2.45) is 5.73 Å². The summed E-state index contributed by atoms with van der Waals surface area (Å²) in [7, 11) is -3.85. The highest BCUT2D eigenvalue weighted by atomic mass is 35.5. The van der Waals surface area contributed by atoms with Gasteiger partial charge in [-0.1, -0.05) is 35.5 Å². The molecule has 0 aromatic rings. The first kappa shape index (κ1) is 27.0. The fraction of sp³-hybridized carbons (Fsp3) is 0.526. The maximum Gasteiger partial charge on any atom is 0.344 e. The molecule has 0 bridgehead atoms. The summed E-state index contributed by atoms with van der Waals surface area (Å²) in [5.41, 5.74) is 7.11. The highest BCUT2D eigenvalue weighted by Crippen LogP contribution is 2.50. The second-order valence-electron chi connectivity index (χ2n) is 8.48. The van der Waals surface area contributed by atoms with Gasteiger partial charge in [-0.15, -0.1) is 0 Å². The van der Waals surface area contributed by atoms with Gasteiger partial charge in [0.05, 0.1) is 20.2 Å². The van der Waals surface area contributed by atoms with Crippen LogP contribution in [0.15, 0.2) is 22.8 Å². The summed E-state index contributed by atoms with van der Waals surface area (Å²) >= 11 is 6.94. The van der Waals surface area contributed by atoms with E-state index < -0.39 is 61.5 Å². The largest absolute Gasteiger partial charge is 0.467 e. The van der Waals surface area contributed by atoms with Gasteiger partial charge in [0.15, 0.2) is 5.25 Å². The number of hydrogen-bond donors (Lipinski definition) is 4. The lowest BCUT2D eigenvalue weighted by molar-refractivity contribution is -0.153. The minimum absolute atomic E-state index is 0.000711. The number of carbonyl (C=O) groups excluding carboxylic acids is 5. The van der Waals surface area contributed by atoms with Crippen LogP contribution in [0.2, 0.25) is 0 Å². The van der Waals surface area contributed by atoms with Crippen LogP contribution < -0.4 is 16.5 Å². The van der Waals surface area contributed by atoms with E-state index in [1.165, 1.54) is 17.1 Å². The molecule has 0 aromatic carbocycles. The molecule has 0 saturated carbocycles. The summed E-state index contributed by atoms with van der Waals surface area (Å²) in [5, 5.41) is 0.311. The van der Waals surface area contributed by atoms with Gasteiger partial charge in [0.25, 0.3) is 10.1 Å². The van der Waals surface area contributed by atoms with Crippen LogP contribution >= 0.6 is 23.4 Å². The summed E-state index contributed by atoms with van der Waals surface area (Å²) < 4.78 is 38.8. The Hall–Kier alpha value is -3.02. The van der Waals surface area contributed by atoms with E-state index in [9.17, 15) is 36.9 Å². The van der Waals surface area contributed by atoms with Gasteiger partial charge in [0.2, 0.25) is 16.7 Å². The molecule has 0 aromatic heterocycles. The molecule has 4 rings (SSSR count). The number of β-lactam (4-membered cyclic amide) rings is 1. The van der Waals surface area contributed by atoms with Gasteiger partial charge in [-0.25, -0.2) is 24.8 Å². The molecule has 0 radical (unpaired) electrons. The van der Waals surface area contributed by atoms with Crippen molar-refractivity contribution in [1.82, 2.24) is 25.6 Å². The number of nitrogens with zero attached hydrogens (tertiary/aromatic N) is 3. The number of fused-ring (bicyclic) bond motifs is 1. The lowest BCUT2D eigenvalue weighted by Gasteiger charge is -2.41. The standard InChI is InChI=1S/C19H23ClN6O9S2/c1-35-16(29)19(25-6-7-26(18(25)31)23-17(21)30)8-24-14(28)11(15(24)36-19)22-13(27)12(37(32,33)34)9-4-2-3-5-10(9)20/h4-5,11-12,15H,2-3,6-8H2,1H3,(H,22,27)(H3,21,23,30)(H,32,33,34)/t11-,12?,15-,19-/m1/s1. The van der Waals surface area contributed by atoms with Crippen LogP contribution in [0, 0.1) is 0 Å². The third-order valence-electron chi connectivity index (χ3n) is 6.28. The average molecular weight is 579 g/mol. The first-order valence-electron chi connectivity index (χ1n) is 10.9. The number of rotatable bonds is 7. The number of urea groups is 2. The summed E-state index contributed by atoms with van der Waals surface area (Å²) in [4.78, 5) is 63.5. The predicted octanol–water partition coefficient (Wildman–Crippen LogP) is -1.32. The summed E-state index contributed by atoms with van der Waals surface area (Å²) in [6.45, 7) is -0.298. The van der Waals surface area contributed by atoms with Crippen molar-refractivity contribution in [2.45, 2.75) is 34.4 Å². The Kier molecular flexibility index (Phi) is 7.08. The zero-order valence-corrected chi connectivity index (χ0v) is 21.6. The van der Waals surface area contributed by atoms with Gasteiger partial charge in [-0.3, -0.25) is 19.0 Å². The van der Waals surface area contributed by atoms with Gasteiger partial charge in [0, 0.05) is 11.6 Å². The molecule has 1 aliphatic carbocycles. The van der Waals surface area contributed by atoms with Crippen LogP contribution in [0.3, 0.4) is 0 Å². The fourth-order valence-electron chi connectivity index (χ4n) is 4.63. The third kappa shape index (κ3) is 4.60. The number of nitrogens with two attached hydrogens (primary N) is 1. The molecule has 5 N–H and O–H groups in total. The van der Waals surface area contributed by atoms with Crippen molar-refractivity contribution in [3.8, 4) is 0 Å². The van der Waals surface area contributed by atoms with Crippen LogP contribution in [0.4, 0.5) is 9.59 Å². The molecule has 4 atom stereocenters. The molecule has 37 heavy (non-hydrogen) atoms. The van der Waals surface area contributed by atoms with Crippen LogP contribution in [0.5, 0.6) is 0 Å². The van der Waals surface area contributed by atoms with Gasteiger partial charge in [-0.2, -0.15) is 8.42 Å². The van der Waals surface area contributed by atoms with Gasteiger partial charge in [-0.05, 0) is 18.4 Å². The number of hydrazine groups is 1. The average Bonchev–Trinajstić information content (AvgIpc) is 3.36. The minimum Gasteiger partial charge on any atom is -0.467 e. The fourth-order valence-corrected chi connectivity index (χ4v) is 7.59. The molecule has 202 valence electrons. The van der Waals surface area contributed by atoms with E-state index in [-0.39, 0.29) is 30.2 Å². The first-order valence-corrected chi connectivity index (χ1v) is 13.6. The Morgan fingerprint density at radius 1 is 1.27 bits per heavy atom. The summed E-state index contributed by atoms with van der Waals surface area (Å²) in [6.07, 6.45) is 3.85. The van der Waals surface area contributed by atoms with E-state index >= 15 is 0 Å². The maximum absolute atomic E-state index is 13.0. The van der Waals surface area contributed by atoms with Crippen molar-refractivity contribution in [1.29, 1.82) is 0 Å². The molecule has 6 amide bonds. The number of nitrogens with one attached hydrogen (secondary N) is 2. The molecule has 1 unspecified atom stereocenters. The van der Waals surface area contributed by atoms with E-state index in [2.05, 4.69) is 10.7 Å². The molecule has 4 aliphatic rings. The molecule has 3 aliphatic heterocycles. The zero-order valence-electron chi connectivity index (χ0n) is 19.2. The van der Waals surface area contributed by atoms with Crippen LogP contribution in [-0.2, 0) is 29.2 Å². The lowest BCUT2D eigenvalue weighted by Crippen LogP contribution is -2.68. The number of hydrogen-bond acceptors (Lipinski definition) is 9. The highest BCUT2D eigenvalue weighted by Gasteiger charge is 2.67. The Labute approximate surface area is 220 Å².